The number of hydrogen-bond acceptors (Lipinski definition) is 2. The quantitative estimate of drug-likeness (QED) is 0.813. The molecule has 0 spiro atoms. The summed E-state index contributed by atoms with van der Waals surface area (Å²) in [6.07, 6.45) is 3.33. The van der Waals surface area contributed by atoms with Gasteiger partial charge in [-0.15, -0.1) is 12.4 Å². The van der Waals surface area contributed by atoms with Gasteiger partial charge in [0.15, 0.2) is 0 Å². The van der Waals surface area contributed by atoms with Crippen molar-refractivity contribution >= 4 is 35.6 Å². The van der Waals surface area contributed by atoms with E-state index in [0.717, 1.165) is 12.8 Å². The number of rotatable bonds is 2. The topological polar surface area (TPSA) is 55.1 Å². The van der Waals surface area contributed by atoms with E-state index in [9.17, 15) is 4.79 Å². The lowest BCUT2D eigenvalue weighted by molar-refractivity contribution is 0.0911. The van der Waals surface area contributed by atoms with Gasteiger partial charge >= 0.3 is 0 Å². The number of carbonyl (C=O) groups is 1. The van der Waals surface area contributed by atoms with Crippen molar-refractivity contribution in [3.05, 3.63) is 28.8 Å². The third kappa shape index (κ3) is 4.29. The van der Waals surface area contributed by atoms with Crippen molar-refractivity contribution in [3.8, 4) is 0 Å². The van der Waals surface area contributed by atoms with E-state index in [1.165, 1.54) is 6.42 Å². The van der Waals surface area contributed by atoms with Crippen LogP contribution in [-0.2, 0) is 0 Å². The molecule has 1 saturated carbocycles. The summed E-state index contributed by atoms with van der Waals surface area (Å²) < 4.78 is 0. The third-order valence-corrected chi connectivity index (χ3v) is 4.06. The molecule has 3 N–H and O–H groups in total. The lowest BCUT2D eigenvalue weighted by Crippen LogP contribution is -2.40. The predicted molar refractivity (Wildman–Crippen MR) is 86.5 cm³/mol. The third-order valence-electron chi connectivity index (χ3n) is 3.75. The van der Waals surface area contributed by atoms with Gasteiger partial charge < -0.3 is 11.1 Å². The van der Waals surface area contributed by atoms with Crippen LogP contribution in [0.4, 0.5) is 5.69 Å². The number of carbonyl (C=O) groups excluding carboxylic acids is 1. The van der Waals surface area contributed by atoms with E-state index >= 15 is 0 Å². The molecule has 20 heavy (non-hydrogen) atoms. The molecule has 3 nitrogen and oxygen atoms in total. The van der Waals surface area contributed by atoms with Gasteiger partial charge in [-0.2, -0.15) is 0 Å². The zero-order valence-corrected chi connectivity index (χ0v) is 13.4. The van der Waals surface area contributed by atoms with Gasteiger partial charge in [-0.25, -0.2) is 0 Å². The van der Waals surface area contributed by atoms with Gasteiger partial charge in [0.1, 0.15) is 0 Å². The van der Waals surface area contributed by atoms with E-state index in [1.807, 2.05) is 0 Å². The average molecular weight is 317 g/mol. The van der Waals surface area contributed by atoms with Gasteiger partial charge in [0.05, 0.1) is 10.6 Å². The van der Waals surface area contributed by atoms with Gasteiger partial charge in [0, 0.05) is 11.7 Å². The van der Waals surface area contributed by atoms with Crippen molar-refractivity contribution in [2.45, 2.75) is 39.2 Å². The summed E-state index contributed by atoms with van der Waals surface area (Å²) in [4.78, 5) is 12.2. The first-order valence-electron chi connectivity index (χ1n) is 6.81. The molecule has 5 heteroatoms. The minimum absolute atomic E-state index is 0. The monoisotopic (exact) mass is 316 g/mol. The fourth-order valence-corrected chi connectivity index (χ4v) is 3.32. The fraction of sp³-hybridized carbons (Fsp3) is 0.533. The van der Waals surface area contributed by atoms with E-state index in [4.69, 9.17) is 17.3 Å². The summed E-state index contributed by atoms with van der Waals surface area (Å²) in [5.41, 5.74) is 6.70. The number of hydrogen-bond donors (Lipinski definition) is 2. The lowest BCUT2D eigenvalue weighted by atomic mass is 9.80. The summed E-state index contributed by atoms with van der Waals surface area (Å²) >= 11 is 6.06. The van der Waals surface area contributed by atoms with Crippen molar-refractivity contribution in [2.75, 3.05) is 5.73 Å². The molecule has 1 aromatic rings. The number of nitrogen functional groups attached to an aromatic ring is 1. The van der Waals surface area contributed by atoms with Crippen molar-refractivity contribution in [1.29, 1.82) is 0 Å². The Labute approximate surface area is 131 Å². The molecule has 112 valence electrons. The molecule has 0 heterocycles. The molecule has 2 rings (SSSR count). The van der Waals surface area contributed by atoms with Crippen LogP contribution >= 0.6 is 24.0 Å². The average Bonchev–Trinajstić information content (AvgIpc) is 2.26. The van der Waals surface area contributed by atoms with E-state index < -0.39 is 0 Å². The second-order valence-electron chi connectivity index (χ2n) is 5.83. The summed E-state index contributed by atoms with van der Waals surface area (Å²) in [5, 5.41) is 3.50. The minimum Gasteiger partial charge on any atom is -0.399 e. The second kappa shape index (κ2) is 7.19. The second-order valence-corrected chi connectivity index (χ2v) is 6.23. The first-order valence-corrected chi connectivity index (χ1v) is 7.19. The van der Waals surface area contributed by atoms with Crippen LogP contribution < -0.4 is 11.1 Å². The number of amides is 1. The van der Waals surface area contributed by atoms with Crippen LogP contribution in [0.2, 0.25) is 5.02 Å². The highest BCUT2D eigenvalue weighted by atomic mass is 35.5. The molecule has 1 aromatic carbocycles. The van der Waals surface area contributed by atoms with Crippen LogP contribution in [0.5, 0.6) is 0 Å². The highest BCUT2D eigenvalue weighted by Gasteiger charge is 2.25. The summed E-state index contributed by atoms with van der Waals surface area (Å²) in [7, 11) is 0. The zero-order valence-electron chi connectivity index (χ0n) is 11.9. The number of nitrogens with one attached hydrogen (secondary N) is 1. The number of halogens is 2. The Bertz CT molecular complexity index is 469. The van der Waals surface area contributed by atoms with Crippen LogP contribution in [0.3, 0.4) is 0 Å². The van der Waals surface area contributed by atoms with Crippen LogP contribution in [0, 0.1) is 11.8 Å². The molecule has 0 saturated heterocycles. The van der Waals surface area contributed by atoms with E-state index in [2.05, 4.69) is 19.2 Å². The summed E-state index contributed by atoms with van der Waals surface area (Å²) in [6, 6.07) is 5.25. The predicted octanol–water partition coefficient (Wildman–Crippen LogP) is 3.90. The molecule has 1 amide bonds. The first-order chi connectivity index (χ1) is 8.95. The maximum absolute atomic E-state index is 12.2. The fourth-order valence-electron chi connectivity index (χ4n) is 3.04. The molecule has 1 aliphatic rings. The van der Waals surface area contributed by atoms with Gasteiger partial charge in [-0.05, 0) is 49.3 Å². The Morgan fingerprint density at radius 1 is 1.25 bits per heavy atom. The van der Waals surface area contributed by atoms with Crippen molar-refractivity contribution in [3.63, 3.8) is 0 Å². The maximum atomic E-state index is 12.2. The Morgan fingerprint density at radius 2 is 1.85 bits per heavy atom. The Morgan fingerprint density at radius 3 is 2.40 bits per heavy atom. The van der Waals surface area contributed by atoms with Crippen LogP contribution in [0.15, 0.2) is 18.2 Å². The summed E-state index contributed by atoms with van der Waals surface area (Å²) in [5.74, 6) is 1.23. The highest BCUT2D eigenvalue weighted by Crippen LogP contribution is 2.29. The van der Waals surface area contributed by atoms with Crippen molar-refractivity contribution in [2.24, 2.45) is 11.8 Å². The first kappa shape index (κ1) is 17.1. The maximum Gasteiger partial charge on any atom is 0.253 e. The Kier molecular flexibility index (Phi) is 6.15. The standard InChI is InChI=1S/C15H21ClN2O.ClH/c1-9-5-10(2)7-12(6-9)18-15(19)13-4-3-11(17)8-14(13)16;/h3-4,8-10,12H,5-7,17H2,1-2H3,(H,18,19);1H. The van der Waals surface area contributed by atoms with Gasteiger partial charge in [0.25, 0.3) is 5.91 Å². The smallest absolute Gasteiger partial charge is 0.253 e. The highest BCUT2D eigenvalue weighted by molar-refractivity contribution is 6.34. The molecular formula is C15H22Cl2N2O. The van der Waals surface area contributed by atoms with Crippen molar-refractivity contribution in [1.82, 2.24) is 5.32 Å². The normalized spacial score (nSPS) is 25.6. The molecule has 2 atom stereocenters. The molecule has 1 aliphatic carbocycles. The van der Waals surface area contributed by atoms with Crippen LogP contribution in [-0.4, -0.2) is 11.9 Å². The SMILES string of the molecule is CC1CC(C)CC(NC(=O)c2ccc(N)cc2Cl)C1.Cl. The molecular weight excluding hydrogens is 295 g/mol. The molecule has 0 aliphatic heterocycles. The molecule has 0 radical (unpaired) electrons. The largest absolute Gasteiger partial charge is 0.399 e. The molecule has 1 fully saturated rings. The van der Waals surface area contributed by atoms with E-state index in [0.29, 0.717) is 28.1 Å². The minimum atomic E-state index is -0.101. The summed E-state index contributed by atoms with van der Waals surface area (Å²) in [6.45, 7) is 4.48. The van der Waals surface area contributed by atoms with E-state index in [-0.39, 0.29) is 24.4 Å². The van der Waals surface area contributed by atoms with Crippen LogP contribution in [0.25, 0.3) is 0 Å². The molecule has 0 aromatic heterocycles. The van der Waals surface area contributed by atoms with Gasteiger partial charge in [-0.3, -0.25) is 4.79 Å². The number of nitrogens with two attached hydrogens (primary N) is 1. The van der Waals surface area contributed by atoms with Crippen LogP contribution in [0.1, 0.15) is 43.5 Å². The van der Waals surface area contributed by atoms with E-state index in [1.54, 1.807) is 18.2 Å². The Hall–Kier alpha value is -0.930. The number of benzene rings is 1. The Balaban J connectivity index is 0.00000200. The number of anilines is 1. The molecule has 0 bridgehead atoms. The van der Waals surface area contributed by atoms with Crippen molar-refractivity contribution < 1.29 is 4.79 Å². The zero-order chi connectivity index (χ0) is 14.0. The van der Waals surface area contributed by atoms with Gasteiger partial charge in [0.2, 0.25) is 0 Å². The lowest BCUT2D eigenvalue weighted by Gasteiger charge is -2.32. The molecule has 2 unspecified atom stereocenters. The van der Waals surface area contributed by atoms with Gasteiger partial charge in [-0.1, -0.05) is 25.4 Å².